The Balaban J connectivity index is 2.29. The summed E-state index contributed by atoms with van der Waals surface area (Å²) in [6.45, 7) is 2.69. The average molecular weight is 256 g/mol. The number of nitrogens with one attached hydrogen (secondary N) is 2. The van der Waals surface area contributed by atoms with E-state index in [0.29, 0.717) is 6.54 Å². The maximum absolute atomic E-state index is 13.2. The molecule has 0 unspecified atom stereocenters. The van der Waals surface area contributed by atoms with Crippen molar-refractivity contribution < 1.29 is 13.6 Å². The standard InChI is InChI=1S/C13H18F2N2O/c1-2-3-4-7-16-13(18)9-17-12-6-5-10(14)8-11(12)15/h5-6,8,17H,2-4,7,9H2,1H3,(H,16,18). The van der Waals surface area contributed by atoms with Gasteiger partial charge in [-0.15, -0.1) is 0 Å². The Kier molecular flexibility index (Phi) is 6.11. The van der Waals surface area contributed by atoms with Crippen LogP contribution in [0.3, 0.4) is 0 Å². The fourth-order valence-electron chi connectivity index (χ4n) is 1.47. The fraction of sp³-hybridized carbons (Fsp3) is 0.462. The molecule has 0 aromatic heterocycles. The van der Waals surface area contributed by atoms with Gasteiger partial charge in [0.15, 0.2) is 0 Å². The van der Waals surface area contributed by atoms with Crippen molar-refractivity contribution in [1.82, 2.24) is 5.32 Å². The van der Waals surface area contributed by atoms with Crippen LogP contribution in [0, 0.1) is 11.6 Å². The maximum atomic E-state index is 13.2. The SMILES string of the molecule is CCCCCNC(=O)CNc1ccc(F)cc1F. The molecule has 1 aromatic rings. The van der Waals surface area contributed by atoms with E-state index in [1.54, 1.807) is 0 Å². The van der Waals surface area contributed by atoms with Crippen molar-refractivity contribution in [3.05, 3.63) is 29.8 Å². The Hall–Kier alpha value is -1.65. The lowest BCUT2D eigenvalue weighted by molar-refractivity contribution is -0.119. The number of amides is 1. The van der Waals surface area contributed by atoms with E-state index in [4.69, 9.17) is 0 Å². The van der Waals surface area contributed by atoms with Gasteiger partial charge in [0.25, 0.3) is 0 Å². The third-order valence-corrected chi connectivity index (χ3v) is 2.47. The minimum absolute atomic E-state index is 0.0192. The molecule has 0 heterocycles. The fourth-order valence-corrected chi connectivity index (χ4v) is 1.47. The zero-order valence-electron chi connectivity index (χ0n) is 10.4. The highest BCUT2D eigenvalue weighted by molar-refractivity contribution is 5.80. The number of anilines is 1. The predicted molar refractivity (Wildman–Crippen MR) is 67.4 cm³/mol. The summed E-state index contributed by atoms with van der Waals surface area (Å²) < 4.78 is 25.9. The number of halogens is 2. The Morgan fingerprint density at radius 3 is 2.72 bits per heavy atom. The molecule has 0 bridgehead atoms. The molecule has 0 aliphatic heterocycles. The second-order valence-corrected chi connectivity index (χ2v) is 4.03. The Labute approximate surface area is 106 Å². The number of rotatable bonds is 7. The molecular weight excluding hydrogens is 238 g/mol. The second kappa shape index (κ2) is 7.63. The summed E-state index contributed by atoms with van der Waals surface area (Å²) in [6.07, 6.45) is 3.10. The summed E-state index contributed by atoms with van der Waals surface area (Å²) in [5, 5.41) is 5.35. The molecule has 1 aromatic carbocycles. The number of carbonyl (C=O) groups excluding carboxylic acids is 1. The van der Waals surface area contributed by atoms with Crippen LogP contribution in [0.25, 0.3) is 0 Å². The van der Waals surface area contributed by atoms with Gasteiger partial charge >= 0.3 is 0 Å². The summed E-state index contributed by atoms with van der Waals surface area (Å²) in [6, 6.07) is 3.20. The summed E-state index contributed by atoms with van der Waals surface area (Å²) in [7, 11) is 0. The quantitative estimate of drug-likeness (QED) is 0.736. The zero-order chi connectivity index (χ0) is 13.4. The van der Waals surface area contributed by atoms with Crippen LogP contribution in [-0.4, -0.2) is 19.0 Å². The molecule has 1 amide bonds. The molecular formula is C13H18F2N2O. The highest BCUT2D eigenvalue weighted by atomic mass is 19.1. The van der Waals surface area contributed by atoms with Crippen molar-refractivity contribution in [2.75, 3.05) is 18.4 Å². The molecule has 0 saturated carbocycles. The monoisotopic (exact) mass is 256 g/mol. The van der Waals surface area contributed by atoms with Gasteiger partial charge in [-0.1, -0.05) is 19.8 Å². The summed E-state index contributed by atoms with van der Waals surface area (Å²) in [5.41, 5.74) is 0.125. The van der Waals surface area contributed by atoms with Gasteiger partial charge in [0.2, 0.25) is 5.91 Å². The van der Waals surface area contributed by atoms with Gasteiger partial charge in [-0.2, -0.15) is 0 Å². The van der Waals surface area contributed by atoms with Gasteiger partial charge in [0.05, 0.1) is 12.2 Å². The van der Waals surface area contributed by atoms with E-state index in [1.807, 2.05) is 0 Å². The molecule has 100 valence electrons. The van der Waals surface area contributed by atoms with E-state index < -0.39 is 11.6 Å². The van der Waals surface area contributed by atoms with Gasteiger partial charge in [-0.3, -0.25) is 4.79 Å². The van der Waals surface area contributed by atoms with E-state index in [0.717, 1.165) is 31.4 Å². The van der Waals surface area contributed by atoms with Crippen LogP contribution in [-0.2, 0) is 4.79 Å². The lowest BCUT2D eigenvalue weighted by atomic mass is 10.2. The summed E-state index contributed by atoms with van der Waals surface area (Å²) in [5.74, 6) is -1.54. The van der Waals surface area contributed by atoms with Crippen LogP contribution in [0.2, 0.25) is 0 Å². The summed E-state index contributed by atoms with van der Waals surface area (Å²) in [4.78, 5) is 11.4. The lowest BCUT2D eigenvalue weighted by Crippen LogP contribution is -2.30. The van der Waals surface area contributed by atoms with Gasteiger partial charge in [0.1, 0.15) is 11.6 Å². The molecule has 3 nitrogen and oxygen atoms in total. The van der Waals surface area contributed by atoms with E-state index in [1.165, 1.54) is 6.07 Å². The van der Waals surface area contributed by atoms with Crippen molar-refractivity contribution in [1.29, 1.82) is 0 Å². The maximum Gasteiger partial charge on any atom is 0.239 e. The molecule has 2 N–H and O–H groups in total. The molecule has 0 spiro atoms. The zero-order valence-corrected chi connectivity index (χ0v) is 10.4. The minimum Gasteiger partial charge on any atom is -0.374 e. The number of hydrogen-bond acceptors (Lipinski definition) is 2. The van der Waals surface area contributed by atoms with Crippen molar-refractivity contribution in [2.24, 2.45) is 0 Å². The van der Waals surface area contributed by atoms with Crippen molar-refractivity contribution in [3.63, 3.8) is 0 Å². The second-order valence-electron chi connectivity index (χ2n) is 4.03. The van der Waals surface area contributed by atoms with Gasteiger partial charge in [-0.25, -0.2) is 8.78 Å². The topological polar surface area (TPSA) is 41.1 Å². The van der Waals surface area contributed by atoms with E-state index >= 15 is 0 Å². The van der Waals surface area contributed by atoms with E-state index in [2.05, 4.69) is 17.6 Å². The molecule has 0 aliphatic rings. The number of benzene rings is 1. The molecule has 0 fully saturated rings. The molecule has 1 rings (SSSR count). The molecule has 0 saturated heterocycles. The normalized spacial score (nSPS) is 10.2. The molecule has 0 atom stereocenters. The first kappa shape index (κ1) is 14.4. The molecule has 0 aliphatic carbocycles. The van der Waals surface area contributed by atoms with Crippen molar-refractivity contribution in [2.45, 2.75) is 26.2 Å². The van der Waals surface area contributed by atoms with Crippen LogP contribution >= 0.6 is 0 Å². The third kappa shape index (κ3) is 5.12. The lowest BCUT2D eigenvalue weighted by Gasteiger charge is -2.08. The minimum atomic E-state index is -0.700. The Morgan fingerprint density at radius 1 is 1.28 bits per heavy atom. The van der Waals surface area contributed by atoms with Crippen LogP contribution in [0.1, 0.15) is 26.2 Å². The number of carbonyl (C=O) groups is 1. The molecule has 0 radical (unpaired) electrons. The smallest absolute Gasteiger partial charge is 0.239 e. The first-order valence-electron chi connectivity index (χ1n) is 6.09. The van der Waals surface area contributed by atoms with Crippen LogP contribution in [0.5, 0.6) is 0 Å². The molecule has 18 heavy (non-hydrogen) atoms. The average Bonchev–Trinajstić information content (AvgIpc) is 2.33. The number of unbranched alkanes of at least 4 members (excludes halogenated alkanes) is 2. The van der Waals surface area contributed by atoms with Crippen molar-refractivity contribution in [3.8, 4) is 0 Å². The van der Waals surface area contributed by atoms with Gasteiger partial charge in [0, 0.05) is 12.6 Å². The largest absolute Gasteiger partial charge is 0.374 e. The van der Waals surface area contributed by atoms with Crippen LogP contribution in [0.4, 0.5) is 14.5 Å². The van der Waals surface area contributed by atoms with Crippen LogP contribution < -0.4 is 10.6 Å². The number of hydrogen-bond donors (Lipinski definition) is 2. The predicted octanol–water partition coefficient (Wildman–Crippen LogP) is 2.68. The van der Waals surface area contributed by atoms with E-state index in [9.17, 15) is 13.6 Å². The van der Waals surface area contributed by atoms with Crippen molar-refractivity contribution >= 4 is 11.6 Å². The Morgan fingerprint density at radius 2 is 2.06 bits per heavy atom. The Bertz CT molecular complexity index is 397. The van der Waals surface area contributed by atoms with E-state index in [-0.39, 0.29) is 18.1 Å². The highest BCUT2D eigenvalue weighted by Gasteiger charge is 2.05. The van der Waals surface area contributed by atoms with Gasteiger partial charge in [-0.05, 0) is 18.6 Å². The first-order valence-corrected chi connectivity index (χ1v) is 6.09. The first-order chi connectivity index (χ1) is 8.63. The summed E-state index contributed by atoms with van der Waals surface area (Å²) >= 11 is 0. The van der Waals surface area contributed by atoms with Crippen LogP contribution in [0.15, 0.2) is 18.2 Å². The third-order valence-electron chi connectivity index (χ3n) is 2.47. The highest BCUT2D eigenvalue weighted by Crippen LogP contribution is 2.14. The molecule has 5 heteroatoms. The van der Waals surface area contributed by atoms with Gasteiger partial charge < -0.3 is 10.6 Å².